The van der Waals surface area contributed by atoms with Gasteiger partial charge in [-0.25, -0.2) is 4.79 Å². The van der Waals surface area contributed by atoms with Crippen LogP contribution >= 0.6 is 11.6 Å². The Morgan fingerprint density at radius 2 is 1.82 bits per heavy atom. The molecule has 1 saturated heterocycles. The van der Waals surface area contributed by atoms with E-state index < -0.39 is 23.4 Å². The van der Waals surface area contributed by atoms with Gasteiger partial charge in [0, 0.05) is 0 Å². The number of hydrogen-bond acceptors (Lipinski definition) is 3. The molecule has 1 atom stereocenters. The maximum absolute atomic E-state index is 12.9. The number of rotatable bonds is 6. The largest absolute Gasteiger partial charge is 0.325 e. The van der Waals surface area contributed by atoms with E-state index in [2.05, 4.69) is 17.6 Å². The molecule has 1 aliphatic rings. The van der Waals surface area contributed by atoms with E-state index in [0.717, 1.165) is 17.7 Å². The molecular weight excluding hydrogens is 378 g/mol. The number of anilines is 1. The minimum Gasteiger partial charge on any atom is -0.323 e. The van der Waals surface area contributed by atoms with Gasteiger partial charge >= 0.3 is 6.03 Å². The molecule has 7 heteroatoms. The number of para-hydroxylation sites is 1. The number of benzene rings is 2. The fraction of sp³-hybridized carbons (Fsp3) is 0.286. The molecule has 146 valence electrons. The van der Waals surface area contributed by atoms with E-state index in [4.69, 9.17) is 11.6 Å². The van der Waals surface area contributed by atoms with Gasteiger partial charge in [-0.15, -0.1) is 0 Å². The van der Waals surface area contributed by atoms with Gasteiger partial charge in [-0.05, 0) is 36.6 Å². The third-order valence-corrected chi connectivity index (χ3v) is 5.12. The Morgan fingerprint density at radius 3 is 2.46 bits per heavy atom. The van der Waals surface area contributed by atoms with Crippen LogP contribution in [0.25, 0.3) is 0 Å². The highest BCUT2D eigenvalue weighted by Gasteiger charge is 2.49. The van der Waals surface area contributed by atoms with Gasteiger partial charge in [-0.1, -0.05) is 61.3 Å². The Kier molecular flexibility index (Phi) is 5.70. The Labute approximate surface area is 168 Å². The Hall–Kier alpha value is -2.86. The Morgan fingerprint density at radius 1 is 1.14 bits per heavy atom. The lowest BCUT2D eigenvalue weighted by molar-refractivity contribution is -0.133. The molecule has 1 fully saturated rings. The quantitative estimate of drug-likeness (QED) is 0.727. The predicted octanol–water partition coefficient (Wildman–Crippen LogP) is 3.70. The summed E-state index contributed by atoms with van der Waals surface area (Å²) >= 11 is 6.03. The number of urea groups is 1. The number of imide groups is 1. The van der Waals surface area contributed by atoms with E-state index in [9.17, 15) is 14.4 Å². The Bertz CT molecular complexity index is 913. The van der Waals surface area contributed by atoms with Crippen molar-refractivity contribution in [3.8, 4) is 0 Å². The highest BCUT2D eigenvalue weighted by atomic mass is 35.5. The van der Waals surface area contributed by atoms with Gasteiger partial charge in [-0.2, -0.15) is 0 Å². The number of aryl methyl sites for hydroxylation is 1. The van der Waals surface area contributed by atoms with Gasteiger partial charge in [0.05, 0.1) is 10.7 Å². The summed E-state index contributed by atoms with van der Waals surface area (Å²) in [5, 5.41) is 5.71. The number of carbonyl (C=O) groups excluding carboxylic acids is 3. The molecule has 1 aliphatic heterocycles. The first-order chi connectivity index (χ1) is 13.3. The summed E-state index contributed by atoms with van der Waals surface area (Å²) in [6.07, 6.45) is 1.98. The summed E-state index contributed by atoms with van der Waals surface area (Å²) < 4.78 is 0. The smallest absolute Gasteiger partial charge is 0.323 e. The van der Waals surface area contributed by atoms with Crippen molar-refractivity contribution in [2.24, 2.45) is 0 Å². The summed E-state index contributed by atoms with van der Waals surface area (Å²) in [6, 6.07) is 13.8. The van der Waals surface area contributed by atoms with Crippen LogP contribution in [0, 0.1) is 0 Å². The summed E-state index contributed by atoms with van der Waals surface area (Å²) in [7, 11) is 0. The molecule has 1 heterocycles. The molecule has 0 aliphatic carbocycles. The second-order valence-corrected chi connectivity index (χ2v) is 7.33. The number of nitrogens with zero attached hydrogens (tertiary/aromatic N) is 1. The molecule has 0 spiro atoms. The second kappa shape index (κ2) is 8.02. The van der Waals surface area contributed by atoms with Crippen LogP contribution in [0.4, 0.5) is 10.5 Å². The van der Waals surface area contributed by atoms with E-state index in [1.54, 1.807) is 31.2 Å². The molecule has 3 rings (SSSR count). The fourth-order valence-corrected chi connectivity index (χ4v) is 3.41. The first kappa shape index (κ1) is 19.9. The van der Waals surface area contributed by atoms with E-state index in [1.807, 2.05) is 24.3 Å². The van der Waals surface area contributed by atoms with Crippen LogP contribution in [0.5, 0.6) is 0 Å². The number of nitrogens with one attached hydrogen (secondary N) is 2. The average molecular weight is 400 g/mol. The van der Waals surface area contributed by atoms with Crippen molar-refractivity contribution in [2.45, 2.75) is 32.2 Å². The zero-order valence-electron chi connectivity index (χ0n) is 15.8. The monoisotopic (exact) mass is 399 g/mol. The third-order valence-electron chi connectivity index (χ3n) is 4.79. The lowest BCUT2D eigenvalue weighted by atomic mass is 9.91. The van der Waals surface area contributed by atoms with E-state index >= 15 is 0 Å². The molecule has 0 unspecified atom stereocenters. The van der Waals surface area contributed by atoms with Crippen molar-refractivity contribution >= 4 is 35.1 Å². The topological polar surface area (TPSA) is 78.5 Å². The van der Waals surface area contributed by atoms with Crippen LogP contribution in [-0.4, -0.2) is 29.3 Å². The standard InChI is InChI=1S/C21H22ClN3O3/c1-3-6-14-9-11-15(12-10-14)21(2)19(27)25(20(28)24-21)13-18(26)23-17-8-5-4-7-16(17)22/h4-5,7-12H,3,6,13H2,1-2H3,(H,23,26)(H,24,28)/t21-/m0/s1. The van der Waals surface area contributed by atoms with Gasteiger partial charge < -0.3 is 10.6 Å². The minimum atomic E-state index is -1.20. The fourth-order valence-electron chi connectivity index (χ4n) is 3.23. The molecular formula is C21H22ClN3O3. The van der Waals surface area contributed by atoms with Crippen molar-refractivity contribution in [2.75, 3.05) is 11.9 Å². The maximum atomic E-state index is 12.9. The summed E-state index contributed by atoms with van der Waals surface area (Å²) in [6.45, 7) is 3.36. The normalized spacial score (nSPS) is 18.9. The highest BCUT2D eigenvalue weighted by Crippen LogP contribution is 2.29. The number of amides is 4. The predicted molar refractivity (Wildman–Crippen MR) is 108 cm³/mol. The van der Waals surface area contributed by atoms with Crippen molar-refractivity contribution in [3.05, 3.63) is 64.7 Å². The SMILES string of the molecule is CCCc1ccc([C@]2(C)NC(=O)N(CC(=O)Nc3ccccc3Cl)C2=O)cc1. The van der Waals surface area contributed by atoms with Crippen molar-refractivity contribution in [3.63, 3.8) is 0 Å². The molecule has 0 saturated carbocycles. The average Bonchev–Trinajstić information content (AvgIpc) is 2.88. The lowest BCUT2D eigenvalue weighted by Crippen LogP contribution is -2.42. The number of carbonyl (C=O) groups is 3. The molecule has 0 aromatic heterocycles. The lowest BCUT2D eigenvalue weighted by Gasteiger charge is -2.22. The zero-order valence-corrected chi connectivity index (χ0v) is 16.5. The van der Waals surface area contributed by atoms with Gasteiger partial charge in [0.25, 0.3) is 5.91 Å². The van der Waals surface area contributed by atoms with E-state index in [1.165, 1.54) is 5.56 Å². The van der Waals surface area contributed by atoms with Crippen LogP contribution < -0.4 is 10.6 Å². The van der Waals surface area contributed by atoms with Gasteiger partial charge in [0.1, 0.15) is 12.1 Å². The van der Waals surface area contributed by atoms with Crippen LogP contribution in [0.2, 0.25) is 5.02 Å². The van der Waals surface area contributed by atoms with E-state index in [0.29, 0.717) is 16.3 Å². The number of halogens is 1. The third kappa shape index (κ3) is 3.87. The molecule has 0 radical (unpaired) electrons. The second-order valence-electron chi connectivity index (χ2n) is 6.92. The number of hydrogen-bond donors (Lipinski definition) is 2. The summed E-state index contributed by atoms with van der Waals surface area (Å²) in [4.78, 5) is 38.6. The summed E-state index contributed by atoms with van der Waals surface area (Å²) in [5.74, 6) is -0.964. The first-order valence-corrected chi connectivity index (χ1v) is 9.51. The van der Waals surface area contributed by atoms with Gasteiger partial charge in [0.2, 0.25) is 5.91 Å². The van der Waals surface area contributed by atoms with Crippen molar-refractivity contribution in [1.29, 1.82) is 0 Å². The molecule has 28 heavy (non-hydrogen) atoms. The molecule has 6 nitrogen and oxygen atoms in total. The van der Waals surface area contributed by atoms with Crippen LogP contribution in [-0.2, 0) is 21.5 Å². The van der Waals surface area contributed by atoms with Crippen molar-refractivity contribution < 1.29 is 14.4 Å². The van der Waals surface area contributed by atoms with Crippen LogP contribution in [0.15, 0.2) is 48.5 Å². The van der Waals surface area contributed by atoms with Crippen molar-refractivity contribution in [1.82, 2.24) is 10.2 Å². The van der Waals surface area contributed by atoms with Gasteiger partial charge in [-0.3, -0.25) is 14.5 Å². The highest BCUT2D eigenvalue weighted by molar-refractivity contribution is 6.33. The Balaban J connectivity index is 1.73. The van der Waals surface area contributed by atoms with Crippen LogP contribution in [0.3, 0.4) is 0 Å². The summed E-state index contributed by atoms with van der Waals surface area (Å²) in [5.41, 5.74) is 1.07. The zero-order chi connectivity index (χ0) is 20.3. The molecule has 0 bridgehead atoms. The molecule has 2 aromatic rings. The van der Waals surface area contributed by atoms with E-state index in [-0.39, 0.29) is 6.54 Å². The molecule has 4 amide bonds. The van der Waals surface area contributed by atoms with Crippen LogP contribution in [0.1, 0.15) is 31.4 Å². The van der Waals surface area contributed by atoms with Gasteiger partial charge in [0.15, 0.2) is 0 Å². The minimum absolute atomic E-state index is 0.380. The molecule has 2 N–H and O–H groups in total. The maximum Gasteiger partial charge on any atom is 0.325 e. The first-order valence-electron chi connectivity index (χ1n) is 9.13. The molecule has 2 aromatic carbocycles.